The third kappa shape index (κ3) is 4.34. The summed E-state index contributed by atoms with van der Waals surface area (Å²) in [7, 11) is 0. The third-order valence-corrected chi connectivity index (χ3v) is 5.85. The predicted molar refractivity (Wildman–Crippen MR) is 96.0 cm³/mol. The summed E-state index contributed by atoms with van der Waals surface area (Å²) in [4.78, 5) is 20.0. The predicted octanol–water partition coefficient (Wildman–Crippen LogP) is 3.31. The molecular formula is C17H21N3OS2. The van der Waals surface area contributed by atoms with Gasteiger partial charge in [0.25, 0.3) is 5.91 Å². The molecule has 1 aromatic heterocycles. The van der Waals surface area contributed by atoms with E-state index in [1.807, 2.05) is 36.1 Å². The number of likely N-dealkylation sites (tertiary alicyclic amines) is 1. The molecule has 1 amide bonds. The molecule has 122 valence electrons. The lowest BCUT2D eigenvalue weighted by atomic mass is 10.1. The number of piperidine rings is 1. The number of amides is 1. The van der Waals surface area contributed by atoms with E-state index >= 15 is 0 Å². The summed E-state index contributed by atoms with van der Waals surface area (Å²) in [6.45, 7) is 3.55. The summed E-state index contributed by atoms with van der Waals surface area (Å²) < 4.78 is 0. The highest BCUT2D eigenvalue weighted by Gasteiger charge is 2.21. The Labute approximate surface area is 145 Å². The van der Waals surface area contributed by atoms with E-state index < -0.39 is 0 Å². The number of nitrogens with zero attached hydrogens (tertiary/aromatic N) is 2. The molecule has 3 rings (SSSR count). The van der Waals surface area contributed by atoms with Gasteiger partial charge in [-0.15, -0.1) is 23.1 Å². The minimum absolute atomic E-state index is 0.114. The molecule has 2 heterocycles. The molecule has 23 heavy (non-hydrogen) atoms. The van der Waals surface area contributed by atoms with Crippen LogP contribution in [0, 0.1) is 6.92 Å². The van der Waals surface area contributed by atoms with Gasteiger partial charge in [-0.3, -0.25) is 4.79 Å². The largest absolute Gasteiger partial charge is 0.339 e. The lowest BCUT2D eigenvalue weighted by Gasteiger charge is -2.30. The summed E-state index contributed by atoms with van der Waals surface area (Å²) in [5.74, 6) is 0.977. The molecule has 0 bridgehead atoms. The number of hydrogen-bond donors (Lipinski definition) is 1. The summed E-state index contributed by atoms with van der Waals surface area (Å²) in [6, 6.07) is 8.13. The molecule has 1 fully saturated rings. The zero-order valence-electron chi connectivity index (χ0n) is 13.2. The normalized spacial score (nSPS) is 15.8. The zero-order chi connectivity index (χ0) is 16.2. The first-order valence-electron chi connectivity index (χ1n) is 7.80. The van der Waals surface area contributed by atoms with Gasteiger partial charge in [0.1, 0.15) is 0 Å². The van der Waals surface area contributed by atoms with Gasteiger partial charge in [0, 0.05) is 40.7 Å². The van der Waals surface area contributed by atoms with Crippen LogP contribution in [0.3, 0.4) is 0 Å². The number of thiazole rings is 1. The van der Waals surface area contributed by atoms with Gasteiger partial charge in [-0.25, -0.2) is 4.98 Å². The number of carbonyl (C=O) groups is 1. The first-order chi connectivity index (χ1) is 11.1. The Morgan fingerprint density at radius 1 is 1.35 bits per heavy atom. The summed E-state index contributed by atoms with van der Waals surface area (Å²) >= 11 is 3.42. The number of aromatic nitrogens is 1. The Bertz CT molecular complexity index is 661. The van der Waals surface area contributed by atoms with Gasteiger partial charge in [-0.1, -0.05) is 0 Å². The van der Waals surface area contributed by atoms with Crippen molar-refractivity contribution < 1.29 is 4.79 Å². The van der Waals surface area contributed by atoms with Crippen LogP contribution >= 0.6 is 23.1 Å². The minimum Gasteiger partial charge on any atom is -0.339 e. The standard InChI is InChI=1S/C17H21N3OS2/c1-12-19-15(10-22-12)11-23-16-4-2-13(3-5-16)17(21)20-8-6-14(18)7-9-20/h2-5,10,14H,6-9,11,18H2,1H3. The maximum atomic E-state index is 12.5. The molecule has 1 aliphatic rings. The average Bonchev–Trinajstić information content (AvgIpc) is 2.99. The van der Waals surface area contributed by atoms with Crippen LogP contribution in [0.4, 0.5) is 0 Å². The lowest BCUT2D eigenvalue weighted by molar-refractivity contribution is 0.0714. The van der Waals surface area contributed by atoms with Crippen molar-refractivity contribution in [3.05, 3.63) is 45.9 Å². The van der Waals surface area contributed by atoms with Gasteiger partial charge in [0.15, 0.2) is 0 Å². The van der Waals surface area contributed by atoms with E-state index in [9.17, 15) is 4.79 Å². The molecule has 2 aromatic rings. The number of carbonyl (C=O) groups excluding carboxylic acids is 1. The van der Waals surface area contributed by atoms with E-state index in [4.69, 9.17) is 5.73 Å². The minimum atomic E-state index is 0.114. The Balaban J connectivity index is 1.57. The fraction of sp³-hybridized carbons (Fsp3) is 0.412. The van der Waals surface area contributed by atoms with Gasteiger partial charge in [0.2, 0.25) is 0 Å². The fourth-order valence-electron chi connectivity index (χ4n) is 2.61. The SMILES string of the molecule is Cc1nc(CSc2ccc(C(=O)N3CCC(N)CC3)cc2)cs1. The zero-order valence-corrected chi connectivity index (χ0v) is 14.8. The van der Waals surface area contributed by atoms with E-state index in [2.05, 4.69) is 10.4 Å². The monoisotopic (exact) mass is 347 g/mol. The summed E-state index contributed by atoms with van der Waals surface area (Å²) in [5, 5.41) is 3.20. The van der Waals surface area contributed by atoms with Crippen LogP contribution in [0.5, 0.6) is 0 Å². The quantitative estimate of drug-likeness (QED) is 0.862. The van der Waals surface area contributed by atoms with Gasteiger partial charge >= 0.3 is 0 Å². The van der Waals surface area contributed by atoms with Crippen molar-refractivity contribution in [1.82, 2.24) is 9.88 Å². The van der Waals surface area contributed by atoms with E-state index in [0.717, 1.165) is 52.8 Å². The molecule has 0 aliphatic carbocycles. The molecule has 1 aromatic carbocycles. The van der Waals surface area contributed by atoms with Gasteiger partial charge in [-0.2, -0.15) is 0 Å². The van der Waals surface area contributed by atoms with Crippen molar-refractivity contribution in [2.75, 3.05) is 13.1 Å². The Morgan fingerprint density at radius 2 is 2.04 bits per heavy atom. The highest BCUT2D eigenvalue weighted by Crippen LogP contribution is 2.24. The Kier molecular flexibility index (Phi) is 5.35. The molecule has 1 aliphatic heterocycles. The number of hydrogen-bond acceptors (Lipinski definition) is 5. The van der Waals surface area contributed by atoms with Gasteiger partial charge < -0.3 is 10.6 Å². The molecule has 0 unspecified atom stereocenters. The van der Waals surface area contributed by atoms with E-state index in [0.29, 0.717) is 0 Å². The summed E-state index contributed by atoms with van der Waals surface area (Å²) in [5.41, 5.74) is 7.77. The third-order valence-electron chi connectivity index (χ3n) is 3.98. The number of thioether (sulfide) groups is 1. The van der Waals surface area contributed by atoms with Crippen LogP contribution in [0.15, 0.2) is 34.5 Å². The van der Waals surface area contributed by atoms with Gasteiger partial charge in [-0.05, 0) is 44.0 Å². The van der Waals surface area contributed by atoms with Crippen molar-refractivity contribution in [1.29, 1.82) is 0 Å². The first kappa shape index (κ1) is 16.5. The number of nitrogens with two attached hydrogens (primary N) is 1. The van der Waals surface area contributed by atoms with Crippen LogP contribution in [0.25, 0.3) is 0 Å². The second-order valence-corrected chi connectivity index (χ2v) is 7.91. The van der Waals surface area contributed by atoms with Crippen molar-refractivity contribution in [3.63, 3.8) is 0 Å². The second kappa shape index (κ2) is 7.47. The molecule has 0 saturated carbocycles. The lowest BCUT2D eigenvalue weighted by Crippen LogP contribution is -2.42. The smallest absolute Gasteiger partial charge is 0.253 e. The summed E-state index contributed by atoms with van der Waals surface area (Å²) in [6.07, 6.45) is 1.79. The van der Waals surface area contributed by atoms with Crippen molar-refractivity contribution in [3.8, 4) is 0 Å². The second-order valence-electron chi connectivity index (χ2n) is 5.80. The first-order valence-corrected chi connectivity index (χ1v) is 9.67. The van der Waals surface area contributed by atoms with Crippen molar-refractivity contribution >= 4 is 29.0 Å². The highest BCUT2D eigenvalue weighted by atomic mass is 32.2. The van der Waals surface area contributed by atoms with Crippen molar-refractivity contribution in [2.45, 2.75) is 36.5 Å². The van der Waals surface area contributed by atoms with Crippen LogP contribution < -0.4 is 5.73 Å². The van der Waals surface area contributed by atoms with E-state index in [-0.39, 0.29) is 11.9 Å². The molecule has 2 N–H and O–H groups in total. The van der Waals surface area contributed by atoms with E-state index in [1.165, 1.54) is 0 Å². The topological polar surface area (TPSA) is 59.2 Å². The maximum absolute atomic E-state index is 12.5. The van der Waals surface area contributed by atoms with Crippen LogP contribution in [-0.4, -0.2) is 34.9 Å². The Morgan fingerprint density at radius 3 is 2.65 bits per heavy atom. The maximum Gasteiger partial charge on any atom is 0.253 e. The Hall–Kier alpha value is -1.37. The van der Waals surface area contributed by atoms with Crippen LogP contribution in [0.2, 0.25) is 0 Å². The van der Waals surface area contributed by atoms with Crippen molar-refractivity contribution in [2.24, 2.45) is 5.73 Å². The number of benzene rings is 1. The van der Waals surface area contributed by atoms with Crippen LogP contribution in [-0.2, 0) is 5.75 Å². The highest BCUT2D eigenvalue weighted by molar-refractivity contribution is 7.98. The molecule has 0 radical (unpaired) electrons. The van der Waals surface area contributed by atoms with Gasteiger partial charge in [0.05, 0.1) is 10.7 Å². The number of aryl methyl sites for hydroxylation is 1. The fourth-order valence-corrected chi connectivity index (χ4v) is 4.12. The van der Waals surface area contributed by atoms with Crippen LogP contribution in [0.1, 0.15) is 33.9 Å². The molecule has 6 heteroatoms. The molecule has 1 saturated heterocycles. The molecule has 0 spiro atoms. The number of rotatable bonds is 4. The molecular weight excluding hydrogens is 326 g/mol. The van der Waals surface area contributed by atoms with E-state index in [1.54, 1.807) is 23.1 Å². The molecule has 4 nitrogen and oxygen atoms in total. The molecule has 0 atom stereocenters. The average molecular weight is 348 g/mol.